The highest BCUT2D eigenvalue weighted by atomic mass is 16.5. The molecule has 3 N–H and O–H groups in total. The third kappa shape index (κ3) is 5.61. The van der Waals surface area contributed by atoms with Gasteiger partial charge < -0.3 is 20.1 Å². The van der Waals surface area contributed by atoms with Crippen LogP contribution in [0, 0.1) is 17.3 Å². The first kappa shape index (κ1) is 22.7. The van der Waals surface area contributed by atoms with E-state index in [1.54, 1.807) is 13.8 Å². The van der Waals surface area contributed by atoms with E-state index in [0.717, 1.165) is 24.0 Å². The summed E-state index contributed by atoms with van der Waals surface area (Å²) in [6.45, 7) is 11.2. The Morgan fingerprint density at radius 1 is 1.21 bits per heavy atom. The molecule has 3 aliphatic rings. The van der Waals surface area contributed by atoms with Crippen molar-refractivity contribution in [3.63, 3.8) is 0 Å². The maximum Gasteiger partial charge on any atom is 0.0824 e. The van der Waals surface area contributed by atoms with Gasteiger partial charge in [-0.2, -0.15) is 0 Å². The van der Waals surface area contributed by atoms with Crippen molar-refractivity contribution >= 4 is 0 Å². The molecule has 3 rings (SSSR count). The molecule has 4 heteroatoms. The summed E-state index contributed by atoms with van der Waals surface area (Å²) in [6, 6.07) is 0. The van der Waals surface area contributed by atoms with Crippen LogP contribution in [-0.4, -0.2) is 46.3 Å². The van der Waals surface area contributed by atoms with Gasteiger partial charge in [-0.25, -0.2) is 0 Å². The first-order valence-electron chi connectivity index (χ1n) is 11.3. The van der Waals surface area contributed by atoms with Gasteiger partial charge >= 0.3 is 0 Å². The number of rotatable bonds is 6. The molecule has 0 aromatic heterocycles. The molecule has 0 aromatic rings. The predicted octanol–water partition coefficient (Wildman–Crippen LogP) is 4.31. The summed E-state index contributed by atoms with van der Waals surface area (Å²) >= 11 is 0. The normalized spacial score (nSPS) is 36.9. The molecule has 5 atom stereocenters. The molecule has 3 saturated carbocycles. The van der Waals surface area contributed by atoms with E-state index in [2.05, 4.69) is 25.7 Å². The summed E-state index contributed by atoms with van der Waals surface area (Å²) in [5.41, 5.74) is 3.26. The lowest BCUT2D eigenvalue weighted by Gasteiger charge is -2.43. The van der Waals surface area contributed by atoms with Gasteiger partial charge in [0.2, 0.25) is 0 Å². The molecule has 0 spiro atoms. The van der Waals surface area contributed by atoms with Crippen molar-refractivity contribution in [1.29, 1.82) is 0 Å². The van der Waals surface area contributed by atoms with E-state index in [4.69, 9.17) is 4.74 Å². The maximum atomic E-state index is 9.94. The van der Waals surface area contributed by atoms with Gasteiger partial charge in [0.1, 0.15) is 0 Å². The Morgan fingerprint density at radius 3 is 2.55 bits per heavy atom. The monoisotopic (exact) mass is 404 g/mol. The number of aliphatic hydroxyl groups excluding tert-OH is 2. The Kier molecular flexibility index (Phi) is 7.10. The van der Waals surface area contributed by atoms with E-state index in [0.29, 0.717) is 44.3 Å². The number of aliphatic hydroxyl groups is 3. The SMILES string of the molecule is C=C(COCC(C)(C)O)[C@H]1CC[C@H]2/C(=C/C=C3C[C@@H](O)C[C@H](O)C3)CCC[C@]12C. The summed E-state index contributed by atoms with van der Waals surface area (Å²) < 4.78 is 5.75. The lowest BCUT2D eigenvalue weighted by molar-refractivity contribution is -0.0170. The standard InChI is InChI=1S/C25H40O4/c1-17(15-29-16-24(2,3)28)22-9-10-23-19(6-5-11-25(22,23)4)8-7-18-12-20(26)14-21(27)13-18/h7-8,20-23,26-28H,1,5-6,9-16H2,2-4H3/b19-8+/t20-,21-,22-,23+,25-/m1/s1. The number of ether oxygens (including phenoxy) is 1. The van der Waals surface area contributed by atoms with Crippen molar-refractivity contribution < 1.29 is 20.1 Å². The van der Waals surface area contributed by atoms with Crippen LogP contribution in [0.1, 0.15) is 72.1 Å². The van der Waals surface area contributed by atoms with Crippen LogP contribution in [0.5, 0.6) is 0 Å². The first-order valence-corrected chi connectivity index (χ1v) is 11.3. The molecule has 0 aliphatic heterocycles. The van der Waals surface area contributed by atoms with Crippen LogP contribution in [0.15, 0.2) is 35.5 Å². The molecule has 0 aromatic carbocycles. The van der Waals surface area contributed by atoms with E-state index in [-0.39, 0.29) is 5.41 Å². The second-order valence-corrected chi connectivity index (χ2v) is 10.5. The number of hydrogen-bond acceptors (Lipinski definition) is 4. The highest BCUT2D eigenvalue weighted by molar-refractivity contribution is 5.28. The predicted molar refractivity (Wildman–Crippen MR) is 116 cm³/mol. The Balaban J connectivity index is 1.67. The zero-order valence-corrected chi connectivity index (χ0v) is 18.5. The second kappa shape index (κ2) is 9.05. The molecular formula is C25H40O4. The third-order valence-corrected chi connectivity index (χ3v) is 7.27. The lowest BCUT2D eigenvalue weighted by atomic mass is 9.62. The quantitative estimate of drug-likeness (QED) is 0.577. The molecule has 0 heterocycles. The summed E-state index contributed by atoms with van der Waals surface area (Å²) in [5, 5.41) is 29.7. The van der Waals surface area contributed by atoms with Crippen molar-refractivity contribution in [1.82, 2.24) is 0 Å². The summed E-state index contributed by atoms with van der Waals surface area (Å²) in [4.78, 5) is 0. The van der Waals surface area contributed by atoms with E-state index in [9.17, 15) is 15.3 Å². The molecule has 0 saturated heterocycles. The van der Waals surface area contributed by atoms with Crippen molar-refractivity contribution in [2.24, 2.45) is 17.3 Å². The van der Waals surface area contributed by atoms with Gasteiger partial charge in [-0.3, -0.25) is 0 Å². The van der Waals surface area contributed by atoms with Crippen LogP contribution in [0.3, 0.4) is 0 Å². The number of allylic oxidation sites excluding steroid dienone is 3. The van der Waals surface area contributed by atoms with E-state index in [1.807, 2.05) is 0 Å². The largest absolute Gasteiger partial charge is 0.393 e. The third-order valence-electron chi connectivity index (χ3n) is 7.27. The fraction of sp³-hybridized carbons (Fsp3) is 0.760. The van der Waals surface area contributed by atoms with Gasteiger partial charge in [0.25, 0.3) is 0 Å². The number of fused-ring (bicyclic) bond motifs is 1. The van der Waals surface area contributed by atoms with Gasteiger partial charge in [0.15, 0.2) is 0 Å². The van der Waals surface area contributed by atoms with Gasteiger partial charge in [-0.1, -0.05) is 36.8 Å². The average Bonchev–Trinajstić information content (AvgIpc) is 2.95. The van der Waals surface area contributed by atoms with Crippen LogP contribution in [0.25, 0.3) is 0 Å². The molecule has 0 bridgehead atoms. The first-order chi connectivity index (χ1) is 13.6. The zero-order chi connectivity index (χ0) is 21.2. The van der Waals surface area contributed by atoms with Crippen LogP contribution in [-0.2, 0) is 4.74 Å². The lowest BCUT2D eigenvalue weighted by Crippen LogP contribution is -2.35. The minimum Gasteiger partial charge on any atom is -0.393 e. The maximum absolute atomic E-state index is 9.94. The minimum atomic E-state index is -0.809. The Hall–Kier alpha value is -0.940. The topological polar surface area (TPSA) is 69.9 Å². The highest BCUT2D eigenvalue weighted by Crippen LogP contribution is 2.59. The van der Waals surface area contributed by atoms with Gasteiger partial charge in [0, 0.05) is 0 Å². The van der Waals surface area contributed by atoms with Crippen molar-refractivity contribution in [3.8, 4) is 0 Å². The van der Waals surface area contributed by atoms with E-state index >= 15 is 0 Å². The van der Waals surface area contributed by atoms with Crippen LogP contribution >= 0.6 is 0 Å². The molecule has 3 fully saturated rings. The number of hydrogen-bond donors (Lipinski definition) is 3. The van der Waals surface area contributed by atoms with Gasteiger partial charge in [0.05, 0.1) is 31.0 Å². The van der Waals surface area contributed by atoms with E-state index in [1.165, 1.54) is 24.8 Å². The van der Waals surface area contributed by atoms with E-state index < -0.39 is 17.8 Å². The van der Waals surface area contributed by atoms with Crippen LogP contribution < -0.4 is 0 Å². The van der Waals surface area contributed by atoms with Crippen LogP contribution in [0.2, 0.25) is 0 Å². The van der Waals surface area contributed by atoms with Gasteiger partial charge in [-0.05, 0) is 88.0 Å². The molecule has 0 radical (unpaired) electrons. The summed E-state index contributed by atoms with van der Waals surface area (Å²) in [6.07, 6.45) is 11.4. The van der Waals surface area contributed by atoms with Crippen molar-refractivity contribution in [2.75, 3.05) is 13.2 Å². The second-order valence-electron chi connectivity index (χ2n) is 10.5. The Morgan fingerprint density at radius 2 is 1.90 bits per heavy atom. The molecule has 4 nitrogen and oxygen atoms in total. The molecule has 3 aliphatic carbocycles. The molecular weight excluding hydrogens is 364 g/mol. The Labute approximate surface area is 176 Å². The molecule has 29 heavy (non-hydrogen) atoms. The molecule has 0 unspecified atom stereocenters. The summed E-state index contributed by atoms with van der Waals surface area (Å²) in [7, 11) is 0. The molecule has 164 valence electrons. The fourth-order valence-electron chi connectivity index (χ4n) is 5.97. The summed E-state index contributed by atoms with van der Waals surface area (Å²) in [5.74, 6) is 1.03. The average molecular weight is 405 g/mol. The van der Waals surface area contributed by atoms with Crippen molar-refractivity contribution in [2.45, 2.75) is 89.9 Å². The van der Waals surface area contributed by atoms with Crippen LogP contribution in [0.4, 0.5) is 0 Å². The Bertz CT molecular complexity index is 644. The minimum absolute atomic E-state index is 0.226. The van der Waals surface area contributed by atoms with Gasteiger partial charge in [-0.15, -0.1) is 0 Å². The molecule has 0 amide bonds. The fourth-order valence-corrected chi connectivity index (χ4v) is 5.97. The highest BCUT2D eigenvalue weighted by Gasteiger charge is 2.49. The zero-order valence-electron chi connectivity index (χ0n) is 18.5. The van der Waals surface area contributed by atoms with Crippen molar-refractivity contribution in [3.05, 3.63) is 35.5 Å². The smallest absolute Gasteiger partial charge is 0.0824 e.